The molecule has 51 heavy (non-hydrogen) atoms. The average molecular weight is 716 g/mol. The molecule has 11 nitrogen and oxygen atoms in total. The molecule has 2 aliphatic heterocycles. The van der Waals surface area contributed by atoms with Crippen LogP contribution < -0.4 is 10.2 Å². The van der Waals surface area contributed by atoms with Gasteiger partial charge in [-0.1, -0.05) is 47.5 Å². The third kappa shape index (κ3) is 5.76. The van der Waals surface area contributed by atoms with Crippen molar-refractivity contribution in [3.63, 3.8) is 0 Å². The first-order valence-electron chi connectivity index (χ1n) is 16.8. The number of imide groups is 2. The second-order valence-corrected chi connectivity index (χ2v) is 13.8. The van der Waals surface area contributed by atoms with Gasteiger partial charge in [0.05, 0.1) is 35.5 Å². The number of hydrogen-bond donors (Lipinski definition) is 3. The Morgan fingerprint density at radius 3 is 2.31 bits per heavy atom. The van der Waals surface area contributed by atoms with Gasteiger partial charge in [0.1, 0.15) is 18.2 Å². The molecule has 0 unspecified atom stereocenters. The van der Waals surface area contributed by atoms with Gasteiger partial charge in [-0.05, 0) is 84.8 Å². The molecule has 7 rings (SSSR count). The van der Waals surface area contributed by atoms with Crippen molar-refractivity contribution >= 4 is 46.9 Å². The monoisotopic (exact) mass is 715 g/mol. The van der Waals surface area contributed by atoms with Gasteiger partial charge in [0.2, 0.25) is 11.8 Å². The van der Waals surface area contributed by atoms with Crippen molar-refractivity contribution in [1.29, 1.82) is 0 Å². The van der Waals surface area contributed by atoms with Crippen LogP contribution in [-0.4, -0.2) is 69.5 Å². The molecular weight excluding hydrogens is 681 g/mol. The number of carboxylic acids is 1. The zero-order chi connectivity index (χ0) is 36.0. The van der Waals surface area contributed by atoms with Crippen molar-refractivity contribution in [3.8, 4) is 5.75 Å². The van der Waals surface area contributed by atoms with Crippen molar-refractivity contribution < 1.29 is 43.3 Å². The zero-order valence-electron chi connectivity index (χ0n) is 27.3. The smallest absolute Gasteiger partial charge is 0.303 e. The lowest BCUT2D eigenvalue weighted by atomic mass is 9.49. The molecular formula is C38H35ClFN3O8. The first-order chi connectivity index (χ1) is 24.6. The lowest BCUT2D eigenvalue weighted by Gasteiger charge is -2.50. The van der Waals surface area contributed by atoms with E-state index in [0.29, 0.717) is 27.6 Å². The summed E-state index contributed by atoms with van der Waals surface area (Å²) in [5, 5.41) is 19.9. The lowest BCUT2D eigenvalue weighted by molar-refractivity contribution is -0.142. The van der Waals surface area contributed by atoms with Crippen LogP contribution in [0.1, 0.15) is 42.7 Å². The standard InChI is InChI=1S/C38H35ClFN3O8/c39-23-7-5-22(6-8-23)38-30(35(48)43(37(38)50)41-25-11-9-24(40)10-12-25)20-29-27(33(38)21-3-13-26(14-4-21)51-19-18-44)15-16-28-32(29)36(49)42(34(28)47)17-1-2-31(45)46/h3-15,28-30,32-33,41,44H,1-2,16-20H2,(H,45,46)/t28-,29+,30-,32-,33-,38+/m0/s1. The van der Waals surface area contributed by atoms with Crippen LogP contribution in [0.2, 0.25) is 5.02 Å². The van der Waals surface area contributed by atoms with Crippen molar-refractivity contribution in [3.05, 3.63) is 106 Å². The highest BCUT2D eigenvalue weighted by Crippen LogP contribution is 2.64. The number of rotatable bonds is 11. The molecule has 0 spiro atoms. The van der Waals surface area contributed by atoms with E-state index in [0.717, 1.165) is 15.5 Å². The molecule has 0 radical (unpaired) electrons. The summed E-state index contributed by atoms with van der Waals surface area (Å²) in [5.74, 6) is -6.75. The Kier molecular flexibility index (Phi) is 9.15. The van der Waals surface area contributed by atoms with Gasteiger partial charge in [0.25, 0.3) is 11.8 Å². The lowest BCUT2D eigenvalue weighted by Crippen LogP contribution is -2.53. The van der Waals surface area contributed by atoms with Crippen LogP contribution in [-0.2, 0) is 29.4 Å². The fraction of sp³-hybridized carbons (Fsp3) is 0.342. The molecule has 3 fully saturated rings. The molecule has 4 aliphatic rings. The van der Waals surface area contributed by atoms with Crippen LogP contribution in [0.15, 0.2) is 84.4 Å². The minimum Gasteiger partial charge on any atom is -0.491 e. The molecule has 6 atom stereocenters. The van der Waals surface area contributed by atoms with E-state index in [1.54, 1.807) is 48.5 Å². The number of benzene rings is 3. The van der Waals surface area contributed by atoms with Crippen molar-refractivity contribution in [1.82, 2.24) is 9.91 Å². The Balaban J connectivity index is 1.38. The number of nitrogens with one attached hydrogen (secondary N) is 1. The predicted molar refractivity (Wildman–Crippen MR) is 182 cm³/mol. The van der Waals surface area contributed by atoms with E-state index < -0.39 is 64.5 Å². The predicted octanol–water partition coefficient (Wildman–Crippen LogP) is 4.70. The molecule has 1 saturated carbocycles. The number of carbonyl (C=O) groups is 5. The molecule has 13 heteroatoms. The van der Waals surface area contributed by atoms with Crippen LogP contribution in [0.4, 0.5) is 10.1 Å². The number of fused-ring (bicyclic) bond motifs is 4. The molecule has 2 aliphatic carbocycles. The number of aliphatic carboxylic acids is 1. The Labute approximate surface area is 297 Å². The van der Waals surface area contributed by atoms with E-state index in [2.05, 4.69) is 5.43 Å². The summed E-state index contributed by atoms with van der Waals surface area (Å²) in [5.41, 5.74) is 3.67. The second kappa shape index (κ2) is 13.6. The molecule has 264 valence electrons. The number of aliphatic hydroxyl groups excluding tert-OH is 1. The SMILES string of the molecule is O=C(O)CCCN1C(=O)[C@H]2[C@H](CC=C3[C@H]2C[C@H]2C(=O)N(Nc4ccc(F)cc4)C(=O)[C@@]2(c2ccc(Cl)cc2)[C@H]3c2ccc(OCCO)cc2)C1=O. The maximum atomic E-state index is 15.1. The quantitative estimate of drug-likeness (QED) is 0.189. The third-order valence-corrected chi connectivity index (χ3v) is 10.9. The molecule has 4 amide bonds. The Morgan fingerprint density at radius 1 is 0.941 bits per heavy atom. The number of halogens is 2. The van der Waals surface area contributed by atoms with Crippen LogP contribution >= 0.6 is 11.6 Å². The molecule has 3 aromatic carbocycles. The van der Waals surface area contributed by atoms with Gasteiger partial charge in [0, 0.05) is 23.9 Å². The summed E-state index contributed by atoms with van der Waals surface area (Å²) in [6.45, 7) is -0.134. The number of anilines is 1. The Morgan fingerprint density at radius 2 is 1.65 bits per heavy atom. The van der Waals surface area contributed by atoms with Crippen molar-refractivity contribution in [2.45, 2.75) is 37.0 Å². The maximum absolute atomic E-state index is 15.1. The van der Waals surface area contributed by atoms with Crippen LogP contribution in [0, 0.1) is 29.5 Å². The van der Waals surface area contributed by atoms with E-state index in [4.69, 9.17) is 21.4 Å². The van der Waals surface area contributed by atoms with Gasteiger partial charge >= 0.3 is 5.97 Å². The first kappa shape index (κ1) is 34.4. The van der Waals surface area contributed by atoms with E-state index in [1.807, 2.05) is 6.08 Å². The molecule has 0 bridgehead atoms. The van der Waals surface area contributed by atoms with E-state index in [9.17, 15) is 28.7 Å². The minimum absolute atomic E-state index is 0.0251. The van der Waals surface area contributed by atoms with Gasteiger partial charge in [-0.15, -0.1) is 0 Å². The van der Waals surface area contributed by atoms with Gasteiger partial charge in [0.15, 0.2) is 0 Å². The Bertz CT molecular complexity index is 1920. The maximum Gasteiger partial charge on any atom is 0.303 e. The van der Waals surface area contributed by atoms with E-state index >= 15 is 4.79 Å². The summed E-state index contributed by atoms with van der Waals surface area (Å²) in [6.07, 6.45) is 2.16. The zero-order valence-corrected chi connectivity index (χ0v) is 28.1. The van der Waals surface area contributed by atoms with Gasteiger partial charge < -0.3 is 14.9 Å². The van der Waals surface area contributed by atoms with Crippen molar-refractivity contribution in [2.75, 3.05) is 25.2 Å². The van der Waals surface area contributed by atoms with Gasteiger partial charge in [-0.25, -0.2) is 4.39 Å². The average Bonchev–Trinajstić information content (AvgIpc) is 3.49. The number of allylic oxidation sites excluding steroid dienone is 2. The molecule has 3 aromatic rings. The molecule has 0 aromatic heterocycles. The fourth-order valence-electron chi connectivity index (χ4n) is 8.62. The van der Waals surface area contributed by atoms with Crippen molar-refractivity contribution in [2.24, 2.45) is 23.7 Å². The number of hydrogen-bond acceptors (Lipinski definition) is 8. The normalized spacial score (nSPS) is 26.8. The number of carbonyl (C=O) groups excluding carboxylic acids is 4. The van der Waals surface area contributed by atoms with E-state index in [1.165, 1.54) is 24.3 Å². The van der Waals surface area contributed by atoms with Crippen LogP contribution in [0.3, 0.4) is 0 Å². The fourth-order valence-corrected chi connectivity index (χ4v) is 8.75. The number of carboxylic acid groups (broad SMARTS) is 1. The number of aliphatic hydroxyl groups is 1. The number of likely N-dealkylation sites (tertiary alicyclic amines) is 1. The number of amides is 4. The first-order valence-corrected chi connectivity index (χ1v) is 17.2. The van der Waals surface area contributed by atoms with Crippen LogP contribution in [0.25, 0.3) is 0 Å². The largest absolute Gasteiger partial charge is 0.491 e. The number of ether oxygens (including phenoxy) is 1. The second-order valence-electron chi connectivity index (χ2n) is 13.3. The summed E-state index contributed by atoms with van der Waals surface area (Å²) >= 11 is 6.33. The van der Waals surface area contributed by atoms with Gasteiger partial charge in [-0.2, -0.15) is 5.01 Å². The molecule has 3 N–H and O–H groups in total. The summed E-state index contributed by atoms with van der Waals surface area (Å²) in [4.78, 5) is 69.9. The summed E-state index contributed by atoms with van der Waals surface area (Å²) in [7, 11) is 0. The summed E-state index contributed by atoms with van der Waals surface area (Å²) in [6, 6.07) is 19.1. The topological polar surface area (TPSA) is 154 Å². The summed E-state index contributed by atoms with van der Waals surface area (Å²) < 4.78 is 19.4. The highest BCUT2D eigenvalue weighted by molar-refractivity contribution is 6.30. The number of hydrazine groups is 1. The Hall–Kier alpha value is -5.07. The highest BCUT2D eigenvalue weighted by atomic mass is 35.5. The minimum atomic E-state index is -1.52. The third-order valence-electron chi connectivity index (χ3n) is 10.7. The number of nitrogens with zero attached hydrogens (tertiary/aromatic N) is 2. The molecule has 2 heterocycles. The highest BCUT2D eigenvalue weighted by Gasteiger charge is 2.70. The van der Waals surface area contributed by atoms with Gasteiger partial charge in [-0.3, -0.25) is 34.3 Å². The molecule has 2 saturated heterocycles. The van der Waals surface area contributed by atoms with E-state index in [-0.39, 0.29) is 51.3 Å². The van der Waals surface area contributed by atoms with Crippen LogP contribution in [0.5, 0.6) is 5.75 Å².